The van der Waals surface area contributed by atoms with E-state index in [0.717, 1.165) is 18.4 Å². The van der Waals surface area contributed by atoms with Gasteiger partial charge < -0.3 is 4.57 Å². The topological polar surface area (TPSA) is 41.6 Å². The second-order valence-electron chi connectivity index (χ2n) is 4.65. The Kier molecular flexibility index (Phi) is 3.05. The first-order chi connectivity index (χ1) is 7.29. The molecular weight excluding hydrogens is 186 g/mol. The quantitative estimate of drug-likeness (QED) is 0.741. The SMILES string of the molecule is C[C@H]1CCC[C@@H](Cn2ccnc2C#N)C1. The zero-order valence-corrected chi connectivity index (χ0v) is 9.19. The maximum absolute atomic E-state index is 8.86. The molecule has 0 aromatic carbocycles. The fourth-order valence-corrected chi connectivity index (χ4v) is 2.57. The van der Waals surface area contributed by atoms with Gasteiger partial charge in [0.1, 0.15) is 6.07 Å². The maximum atomic E-state index is 8.86. The van der Waals surface area contributed by atoms with Crippen molar-refractivity contribution in [1.82, 2.24) is 9.55 Å². The zero-order valence-electron chi connectivity index (χ0n) is 9.19. The summed E-state index contributed by atoms with van der Waals surface area (Å²) in [5.41, 5.74) is 0. The second kappa shape index (κ2) is 4.48. The maximum Gasteiger partial charge on any atom is 0.212 e. The first-order valence-electron chi connectivity index (χ1n) is 5.71. The molecule has 15 heavy (non-hydrogen) atoms. The van der Waals surface area contributed by atoms with E-state index >= 15 is 0 Å². The molecule has 2 atom stereocenters. The minimum atomic E-state index is 0.549. The Morgan fingerprint density at radius 2 is 2.47 bits per heavy atom. The van der Waals surface area contributed by atoms with Crippen molar-refractivity contribution < 1.29 is 0 Å². The number of rotatable bonds is 2. The lowest BCUT2D eigenvalue weighted by Gasteiger charge is -2.26. The Hall–Kier alpha value is -1.30. The zero-order chi connectivity index (χ0) is 10.7. The van der Waals surface area contributed by atoms with E-state index in [1.165, 1.54) is 25.7 Å². The molecule has 1 aromatic heterocycles. The lowest BCUT2D eigenvalue weighted by molar-refractivity contribution is 0.256. The second-order valence-corrected chi connectivity index (χ2v) is 4.65. The lowest BCUT2D eigenvalue weighted by atomic mass is 9.82. The molecule has 1 aliphatic rings. The van der Waals surface area contributed by atoms with E-state index < -0.39 is 0 Å². The molecule has 0 bridgehead atoms. The molecule has 2 rings (SSSR count). The summed E-state index contributed by atoms with van der Waals surface area (Å²) < 4.78 is 1.99. The summed E-state index contributed by atoms with van der Waals surface area (Å²) in [5, 5.41) is 8.86. The molecular formula is C12H17N3. The summed E-state index contributed by atoms with van der Waals surface area (Å²) in [6, 6.07) is 2.13. The average Bonchev–Trinajstić information content (AvgIpc) is 2.65. The summed E-state index contributed by atoms with van der Waals surface area (Å²) in [5.74, 6) is 2.13. The first kappa shape index (κ1) is 10.2. The number of hydrogen-bond acceptors (Lipinski definition) is 2. The van der Waals surface area contributed by atoms with Crippen LogP contribution in [-0.4, -0.2) is 9.55 Å². The highest BCUT2D eigenvalue weighted by molar-refractivity contribution is 5.11. The summed E-state index contributed by atoms with van der Waals surface area (Å²) >= 11 is 0. The van der Waals surface area contributed by atoms with Crippen LogP contribution in [0, 0.1) is 23.2 Å². The van der Waals surface area contributed by atoms with Crippen LogP contribution in [0.4, 0.5) is 0 Å². The van der Waals surface area contributed by atoms with Gasteiger partial charge in [-0.3, -0.25) is 0 Å². The van der Waals surface area contributed by atoms with Crippen LogP contribution >= 0.6 is 0 Å². The molecule has 3 nitrogen and oxygen atoms in total. The molecule has 80 valence electrons. The minimum Gasteiger partial charge on any atom is -0.322 e. The van der Waals surface area contributed by atoms with E-state index in [1.54, 1.807) is 6.20 Å². The third-order valence-corrected chi connectivity index (χ3v) is 3.32. The predicted molar refractivity (Wildman–Crippen MR) is 58.1 cm³/mol. The van der Waals surface area contributed by atoms with Gasteiger partial charge in [0, 0.05) is 18.9 Å². The molecule has 0 N–H and O–H groups in total. The van der Waals surface area contributed by atoms with Gasteiger partial charge in [0.15, 0.2) is 0 Å². The summed E-state index contributed by atoms with van der Waals surface area (Å²) in [7, 11) is 0. The number of imidazole rings is 1. The highest BCUT2D eigenvalue weighted by Crippen LogP contribution is 2.29. The van der Waals surface area contributed by atoms with Crippen molar-refractivity contribution in [1.29, 1.82) is 5.26 Å². The van der Waals surface area contributed by atoms with Crippen molar-refractivity contribution in [3.05, 3.63) is 18.2 Å². The van der Waals surface area contributed by atoms with Gasteiger partial charge in [-0.1, -0.05) is 19.8 Å². The van der Waals surface area contributed by atoms with Crippen LogP contribution in [0.2, 0.25) is 0 Å². The van der Waals surface area contributed by atoms with Crippen molar-refractivity contribution in [3.8, 4) is 6.07 Å². The Morgan fingerprint density at radius 1 is 1.60 bits per heavy atom. The van der Waals surface area contributed by atoms with Crippen LogP contribution < -0.4 is 0 Å². The molecule has 0 unspecified atom stereocenters. The predicted octanol–water partition coefficient (Wildman–Crippen LogP) is 2.58. The number of nitriles is 1. The van der Waals surface area contributed by atoms with Gasteiger partial charge in [0.05, 0.1) is 0 Å². The summed E-state index contributed by atoms with van der Waals surface area (Å²) in [4.78, 5) is 4.02. The highest BCUT2D eigenvalue weighted by atomic mass is 15.1. The Bertz CT molecular complexity index is 361. The van der Waals surface area contributed by atoms with Gasteiger partial charge in [-0.25, -0.2) is 4.98 Å². The third kappa shape index (κ3) is 2.38. The van der Waals surface area contributed by atoms with E-state index in [2.05, 4.69) is 18.0 Å². The molecule has 0 saturated heterocycles. The Balaban J connectivity index is 1.99. The average molecular weight is 203 g/mol. The first-order valence-corrected chi connectivity index (χ1v) is 5.71. The van der Waals surface area contributed by atoms with Crippen LogP contribution in [0.5, 0.6) is 0 Å². The molecule has 0 amide bonds. The molecule has 1 fully saturated rings. The van der Waals surface area contributed by atoms with Crippen molar-refractivity contribution in [2.45, 2.75) is 39.2 Å². The van der Waals surface area contributed by atoms with Gasteiger partial charge in [-0.15, -0.1) is 0 Å². The normalized spacial score (nSPS) is 26.1. The van der Waals surface area contributed by atoms with Crippen LogP contribution in [0.1, 0.15) is 38.4 Å². The number of aromatic nitrogens is 2. The largest absolute Gasteiger partial charge is 0.322 e. The Labute approximate surface area is 90.7 Å². The van der Waals surface area contributed by atoms with Crippen molar-refractivity contribution in [3.63, 3.8) is 0 Å². The molecule has 0 aliphatic heterocycles. The van der Waals surface area contributed by atoms with E-state index in [-0.39, 0.29) is 0 Å². The van der Waals surface area contributed by atoms with E-state index in [1.807, 2.05) is 10.8 Å². The standard InChI is InChI=1S/C12H17N3/c1-10-3-2-4-11(7-10)9-15-6-5-14-12(15)8-13/h5-6,10-11H,2-4,7,9H2,1H3/t10-,11+/m0/s1. The van der Waals surface area contributed by atoms with Gasteiger partial charge in [0.25, 0.3) is 0 Å². The van der Waals surface area contributed by atoms with Gasteiger partial charge in [0.2, 0.25) is 5.82 Å². The molecule has 3 heteroatoms. The molecule has 1 saturated carbocycles. The van der Waals surface area contributed by atoms with Crippen molar-refractivity contribution in [2.24, 2.45) is 11.8 Å². The summed E-state index contributed by atoms with van der Waals surface area (Å²) in [6.45, 7) is 3.29. The molecule has 0 spiro atoms. The molecule has 1 heterocycles. The third-order valence-electron chi connectivity index (χ3n) is 3.32. The van der Waals surface area contributed by atoms with Gasteiger partial charge in [-0.05, 0) is 24.7 Å². The van der Waals surface area contributed by atoms with E-state index in [4.69, 9.17) is 5.26 Å². The van der Waals surface area contributed by atoms with Crippen LogP contribution in [0.25, 0.3) is 0 Å². The fraction of sp³-hybridized carbons (Fsp3) is 0.667. The van der Waals surface area contributed by atoms with Crippen LogP contribution in [-0.2, 0) is 6.54 Å². The summed E-state index contributed by atoms with van der Waals surface area (Å²) in [6.07, 6.45) is 8.92. The lowest BCUT2D eigenvalue weighted by Crippen LogP contribution is -2.18. The fourth-order valence-electron chi connectivity index (χ4n) is 2.57. The van der Waals surface area contributed by atoms with Crippen LogP contribution in [0.3, 0.4) is 0 Å². The monoisotopic (exact) mass is 203 g/mol. The van der Waals surface area contributed by atoms with Crippen molar-refractivity contribution in [2.75, 3.05) is 0 Å². The number of nitrogens with zero attached hydrogens (tertiary/aromatic N) is 3. The van der Waals surface area contributed by atoms with Gasteiger partial charge >= 0.3 is 0 Å². The highest BCUT2D eigenvalue weighted by Gasteiger charge is 2.19. The van der Waals surface area contributed by atoms with E-state index in [0.29, 0.717) is 5.82 Å². The molecule has 1 aromatic rings. The van der Waals surface area contributed by atoms with E-state index in [9.17, 15) is 0 Å². The molecule has 1 aliphatic carbocycles. The minimum absolute atomic E-state index is 0.549. The number of hydrogen-bond donors (Lipinski definition) is 0. The van der Waals surface area contributed by atoms with Gasteiger partial charge in [-0.2, -0.15) is 5.26 Å². The smallest absolute Gasteiger partial charge is 0.212 e. The van der Waals surface area contributed by atoms with Crippen molar-refractivity contribution >= 4 is 0 Å². The molecule has 0 radical (unpaired) electrons. The Morgan fingerprint density at radius 3 is 3.20 bits per heavy atom. The van der Waals surface area contributed by atoms with Crippen LogP contribution in [0.15, 0.2) is 12.4 Å².